The number of carbonyl (C=O) groups is 1. The molecule has 3 heterocycles. The Hall–Kier alpha value is -2.81. The van der Waals surface area contributed by atoms with E-state index < -0.39 is 0 Å². The molecular formula is C20H22FN5O2S. The summed E-state index contributed by atoms with van der Waals surface area (Å²) in [6.07, 6.45) is 3.77. The van der Waals surface area contributed by atoms with Crippen LogP contribution in [0.1, 0.15) is 30.6 Å². The minimum atomic E-state index is -0.328. The number of aromatic nitrogens is 3. The summed E-state index contributed by atoms with van der Waals surface area (Å²) in [7, 11) is 0. The van der Waals surface area contributed by atoms with Crippen LogP contribution in [-0.2, 0) is 17.8 Å². The van der Waals surface area contributed by atoms with Crippen LogP contribution >= 0.6 is 11.3 Å². The van der Waals surface area contributed by atoms with Crippen LogP contribution in [0.3, 0.4) is 0 Å². The number of thiazole rings is 1. The summed E-state index contributed by atoms with van der Waals surface area (Å²) in [6.45, 7) is 3.65. The van der Waals surface area contributed by atoms with Crippen molar-refractivity contribution in [2.45, 2.75) is 32.7 Å². The smallest absolute Gasteiger partial charge is 0.258 e. The molecule has 0 bridgehead atoms. The quantitative estimate of drug-likeness (QED) is 0.664. The van der Waals surface area contributed by atoms with Crippen LogP contribution in [0.5, 0.6) is 0 Å². The summed E-state index contributed by atoms with van der Waals surface area (Å²) in [5.74, 6) is 0.575. The topological polar surface area (TPSA) is 84.2 Å². The molecule has 1 aromatic carbocycles. The van der Waals surface area contributed by atoms with E-state index in [9.17, 15) is 9.18 Å². The average Bonchev–Trinajstić information content (AvgIpc) is 3.44. The number of benzene rings is 1. The first-order valence-electron chi connectivity index (χ1n) is 9.67. The maximum absolute atomic E-state index is 14.7. The Bertz CT molecular complexity index is 967. The molecule has 4 rings (SSSR count). The van der Waals surface area contributed by atoms with Gasteiger partial charge in [-0.2, -0.15) is 4.98 Å². The highest BCUT2D eigenvalue weighted by atomic mass is 32.1. The van der Waals surface area contributed by atoms with Gasteiger partial charge in [0, 0.05) is 42.6 Å². The highest BCUT2D eigenvalue weighted by Crippen LogP contribution is 2.29. The van der Waals surface area contributed by atoms with E-state index in [1.165, 1.54) is 17.4 Å². The molecule has 2 aromatic heterocycles. The van der Waals surface area contributed by atoms with E-state index >= 15 is 0 Å². The van der Waals surface area contributed by atoms with Crippen molar-refractivity contribution in [1.29, 1.82) is 0 Å². The first-order chi connectivity index (χ1) is 14.1. The second-order valence-electron chi connectivity index (χ2n) is 6.94. The zero-order valence-corrected chi connectivity index (χ0v) is 16.9. The lowest BCUT2D eigenvalue weighted by molar-refractivity contribution is -0.125. The van der Waals surface area contributed by atoms with Gasteiger partial charge in [-0.15, -0.1) is 11.3 Å². The molecule has 1 N–H and O–H groups in total. The van der Waals surface area contributed by atoms with Crippen LogP contribution in [0.25, 0.3) is 11.5 Å². The van der Waals surface area contributed by atoms with E-state index in [0.29, 0.717) is 61.9 Å². The molecule has 1 fully saturated rings. The molecule has 1 aliphatic rings. The first-order valence-corrected chi connectivity index (χ1v) is 10.6. The van der Waals surface area contributed by atoms with Gasteiger partial charge in [-0.25, -0.2) is 9.37 Å². The summed E-state index contributed by atoms with van der Waals surface area (Å²) in [5.41, 5.74) is 1.10. The van der Waals surface area contributed by atoms with Gasteiger partial charge in [-0.1, -0.05) is 12.1 Å². The Morgan fingerprint density at radius 1 is 1.38 bits per heavy atom. The van der Waals surface area contributed by atoms with Gasteiger partial charge in [0.25, 0.3) is 5.89 Å². The van der Waals surface area contributed by atoms with Gasteiger partial charge in [-0.05, 0) is 31.0 Å². The van der Waals surface area contributed by atoms with E-state index in [-0.39, 0.29) is 17.6 Å². The van der Waals surface area contributed by atoms with Gasteiger partial charge in [0.1, 0.15) is 10.8 Å². The van der Waals surface area contributed by atoms with Crippen LogP contribution in [0.2, 0.25) is 0 Å². The van der Waals surface area contributed by atoms with Crippen LogP contribution < -0.4 is 10.2 Å². The van der Waals surface area contributed by atoms with E-state index in [2.05, 4.69) is 20.4 Å². The molecule has 0 aliphatic carbocycles. The number of hydrogen-bond acceptors (Lipinski definition) is 7. The maximum atomic E-state index is 14.7. The Kier molecular flexibility index (Phi) is 5.84. The van der Waals surface area contributed by atoms with Crippen LogP contribution in [0.4, 0.5) is 10.1 Å². The third-order valence-electron chi connectivity index (χ3n) is 5.08. The fraction of sp³-hybridized carbons (Fsp3) is 0.400. The lowest BCUT2D eigenvalue weighted by Crippen LogP contribution is -2.40. The van der Waals surface area contributed by atoms with Crippen LogP contribution in [0.15, 0.2) is 34.3 Å². The molecular weight excluding hydrogens is 393 g/mol. The zero-order valence-electron chi connectivity index (χ0n) is 16.1. The van der Waals surface area contributed by atoms with Gasteiger partial charge in [0.2, 0.25) is 5.91 Å². The van der Waals surface area contributed by atoms with Crippen LogP contribution in [-0.4, -0.2) is 34.1 Å². The molecule has 0 unspecified atom stereocenters. The maximum Gasteiger partial charge on any atom is 0.258 e. The predicted molar refractivity (Wildman–Crippen MR) is 108 cm³/mol. The van der Waals surface area contributed by atoms with E-state index in [0.717, 1.165) is 5.01 Å². The molecule has 0 saturated carbocycles. The minimum absolute atomic E-state index is 0.0405. The van der Waals surface area contributed by atoms with Crippen molar-refractivity contribution >= 4 is 22.9 Å². The van der Waals surface area contributed by atoms with E-state index in [1.807, 2.05) is 17.2 Å². The Labute approximate surface area is 172 Å². The van der Waals surface area contributed by atoms with Crippen molar-refractivity contribution in [2.75, 3.05) is 18.0 Å². The number of hydrogen-bond donors (Lipinski definition) is 1. The Balaban J connectivity index is 1.35. The molecule has 29 heavy (non-hydrogen) atoms. The summed E-state index contributed by atoms with van der Waals surface area (Å²) in [4.78, 5) is 22.8. The van der Waals surface area contributed by atoms with Crippen LogP contribution in [0, 0.1) is 11.7 Å². The number of amides is 1. The number of anilines is 1. The van der Waals surface area contributed by atoms with Gasteiger partial charge in [0.15, 0.2) is 5.82 Å². The molecule has 0 atom stereocenters. The molecule has 0 spiro atoms. The molecule has 152 valence electrons. The molecule has 7 nitrogen and oxygen atoms in total. The first kappa shape index (κ1) is 19.5. The summed E-state index contributed by atoms with van der Waals surface area (Å²) < 4.78 is 19.9. The van der Waals surface area contributed by atoms with Gasteiger partial charge < -0.3 is 14.7 Å². The van der Waals surface area contributed by atoms with Gasteiger partial charge >= 0.3 is 0 Å². The second-order valence-corrected chi connectivity index (χ2v) is 7.92. The number of nitrogens with zero attached hydrogens (tertiary/aromatic N) is 4. The summed E-state index contributed by atoms with van der Waals surface area (Å²) in [6, 6.07) is 4.96. The summed E-state index contributed by atoms with van der Waals surface area (Å²) >= 11 is 1.52. The minimum Gasteiger partial charge on any atom is -0.369 e. The fourth-order valence-corrected chi connectivity index (χ4v) is 4.00. The lowest BCUT2D eigenvalue weighted by atomic mass is 9.95. The largest absolute Gasteiger partial charge is 0.369 e. The standard InChI is InChI=1S/C20H22FN5O2S/c1-2-17-24-20(28-25-17)14-3-4-16(15(21)11-14)26-8-5-13(6-9-26)19(27)23-12-18-22-7-10-29-18/h3-4,7,10-11,13H,2,5-6,8-9,12H2,1H3,(H,23,27). The van der Waals surface area contributed by atoms with Gasteiger partial charge in [0.05, 0.1) is 12.2 Å². The predicted octanol–water partition coefficient (Wildman–Crippen LogP) is 3.43. The van der Waals surface area contributed by atoms with Crippen molar-refractivity contribution in [3.05, 3.63) is 46.4 Å². The van der Waals surface area contributed by atoms with E-state index in [1.54, 1.807) is 18.3 Å². The molecule has 1 amide bonds. The molecule has 1 saturated heterocycles. The van der Waals surface area contributed by atoms with Crippen molar-refractivity contribution in [3.63, 3.8) is 0 Å². The van der Waals surface area contributed by atoms with Crippen molar-refractivity contribution < 1.29 is 13.7 Å². The highest BCUT2D eigenvalue weighted by molar-refractivity contribution is 7.09. The molecule has 1 aliphatic heterocycles. The number of aryl methyl sites for hydroxylation is 1. The number of halogens is 1. The number of piperidine rings is 1. The van der Waals surface area contributed by atoms with Crippen molar-refractivity contribution in [1.82, 2.24) is 20.4 Å². The average molecular weight is 415 g/mol. The molecule has 9 heteroatoms. The SMILES string of the molecule is CCc1noc(-c2ccc(N3CCC(C(=O)NCc4nccs4)CC3)c(F)c2)n1. The zero-order chi connectivity index (χ0) is 20.2. The number of rotatable bonds is 6. The lowest BCUT2D eigenvalue weighted by Gasteiger charge is -2.33. The van der Waals surface area contributed by atoms with Gasteiger partial charge in [-0.3, -0.25) is 4.79 Å². The fourth-order valence-electron chi connectivity index (χ4n) is 3.44. The van der Waals surface area contributed by atoms with E-state index in [4.69, 9.17) is 4.52 Å². The Morgan fingerprint density at radius 3 is 2.86 bits per heavy atom. The number of nitrogens with one attached hydrogen (secondary N) is 1. The second kappa shape index (κ2) is 8.69. The number of carbonyl (C=O) groups excluding carboxylic acids is 1. The normalized spacial score (nSPS) is 14.9. The third kappa shape index (κ3) is 4.45. The highest BCUT2D eigenvalue weighted by Gasteiger charge is 2.26. The summed E-state index contributed by atoms with van der Waals surface area (Å²) in [5, 5.41) is 9.58. The van der Waals surface area contributed by atoms with Crippen molar-refractivity contribution in [3.8, 4) is 11.5 Å². The Morgan fingerprint density at radius 2 is 2.21 bits per heavy atom. The molecule has 0 radical (unpaired) electrons. The molecule has 3 aromatic rings. The third-order valence-corrected chi connectivity index (χ3v) is 5.86. The van der Waals surface area contributed by atoms with Crippen molar-refractivity contribution in [2.24, 2.45) is 5.92 Å². The monoisotopic (exact) mass is 415 g/mol.